The second-order valence-electron chi connectivity index (χ2n) is 9.84. The summed E-state index contributed by atoms with van der Waals surface area (Å²) in [6.45, 7) is 3.80. The lowest BCUT2D eigenvalue weighted by Crippen LogP contribution is -2.73. The van der Waals surface area contributed by atoms with E-state index in [9.17, 15) is 19.8 Å². The molecule has 2 heterocycles. The fourth-order valence-electron chi connectivity index (χ4n) is 5.81. The zero-order valence-corrected chi connectivity index (χ0v) is 21.0. The minimum absolute atomic E-state index is 0.331. The van der Waals surface area contributed by atoms with E-state index in [-0.39, 0.29) is 5.91 Å². The van der Waals surface area contributed by atoms with Crippen molar-refractivity contribution in [3.8, 4) is 0 Å². The molecule has 184 valence electrons. The van der Waals surface area contributed by atoms with E-state index in [1.807, 2.05) is 105 Å². The number of β-lactam (4-membered cyclic amide) rings is 1. The zero-order valence-electron chi connectivity index (χ0n) is 20.2. The van der Waals surface area contributed by atoms with Gasteiger partial charge in [0, 0.05) is 10.7 Å². The maximum absolute atomic E-state index is 13.7. The van der Waals surface area contributed by atoms with Gasteiger partial charge in [0.05, 0.1) is 17.4 Å². The van der Waals surface area contributed by atoms with Gasteiger partial charge in [-0.25, -0.2) is 4.79 Å². The van der Waals surface area contributed by atoms with Crippen LogP contribution in [0.1, 0.15) is 36.5 Å². The van der Waals surface area contributed by atoms with Gasteiger partial charge in [0.15, 0.2) is 5.54 Å². The number of hydrogen-bond acceptors (Lipinski definition) is 4. The Morgan fingerprint density at radius 2 is 1.42 bits per heavy atom. The van der Waals surface area contributed by atoms with Gasteiger partial charge in [-0.1, -0.05) is 103 Å². The molecule has 0 radical (unpaired) electrons. The van der Waals surface area contributed by atoms with Crippen LogP contribution in [0.15, 0.2) is 97.1 Å². The first-order valence-corrected chi connectivity index (χ1v) is 12.9. The molecular weight excluding hydrogens is 470 g/mol. The summed E-state index contributed by atoms with van der Waals surface area (Å²) in [5.74, 6) is -2.67. The number of aliphatic hydroxyl groups excluding tert-OH is 1. The van der Waals surface area contributed by atoms with E-state index in [0.717, 1.165) is 16.7 Å². The minimum Gasteiger partial charge on any atom is -0.479 e. The fraction of sp³-hybridized carbons (Fsp3) is 0.267. The van der Waals surface area contributed by atoms with Gasteiger partial charge >= 0.3 is 5.97 Å². The topological polar surface area (TPSA) is 77.8 Å². The van der Waals surface area contributed by atoms with Gasteiger partial charge in [-0.05, 0) is 30.5 Å². The summed E-state index contributed by atoms with van der Waals surface area (Å²) >= 11 is 1.46. The number of thioether (sulfide) groups is 1. The summed E-state index contributed by atoms with van der Waals surface area (Å²) in [5.41, 5.74) is 1.05. The Kier molecular flexibility index (Phi) is 6.27. The number of carbonyl (C=O) groups is 2. The maximum atomic E-state index is 13.7. The molecule has 1 unspecified atom stereocenters. The van der Waals surface area contributed by atoms with E-state index in [1.54, 1.807) is 12.2 Å². The van der Waals surface area contributed by atoms with Gasteiger partial charge in [-0.2, -0.15) is 0 Å². The number of nitrogens with zero attached hydrogens (tertiary/aromatic N) is 1. The third-order valence-electron chi connectivity index (χ3n) is 7.46. The first-order valence-electron chi connectivity index (χ1n) is 12.0. The Labute approximate surface area is 215 Å². The standard InChI is InChI=1S/C30H29NO4S/c1-29(2)30(28(34)35,25(21-14-8-4-9-15-21)22-16-10-5-11-17-22)31-26(33)24(27(31)36-29)23(32)19-18-20-12-6-3-7-13-20/h3-19,23-25,27,32H,1-2H3,(H,34,35)/b19-18+/t23?,24-,27+,30-/m0/s1. The van der Waals surface area contributed by atoms with Gasteiger partial charge in [0.25, 0.3) is 0 Å². The summed E-state index contributed by atoms with van der Waals surface area (Å²) in [5, 5.41) is 21.5. The predicted octanol–water partition coefficient (Wildman–Crippen LogP) is 5.03. The smallest absolute Gasteiger partial charge is 0.332 e. The van der Waals surface area contributed by atoms with Crippen LogP contribution in [0.25, 0.3) is 6.08 Å². The normalized spacial score (nSPS) is 25.6. The highest BCUT2D eigenvalue weighted by Crippen LogP contribution is 2.64. The molecule has 2 aliphatic rings. The second kappa shape index (κ2) is 9.26. The Balaban J connectivity index is 1.58. The number of carboxylic acids is 1. The van der Waals surface area contributed by atoms with E-state index in [0.29, 0.717) is 0 Å². The number of aliphatic hydroxyl groups is 1. The van der Waals surface area contributed by atoms with Crippen molar-refractivity contribution in [2.75, 3.05) is 0 Å². The largest absolute Gasteiger partial charge is 0.479 e. The van der Waals surface area contributed by atoms with E-state index >= 15 is 0 Å². The fourth-order valence-corrected chi connectivity index (χ4v) is 7.70. The quantitative estimate of drug-likeness (QED) is 0.446. The van der Waals surface area contributed by atoms with Crippen LogP contribution in [-0.4, -0.2) is 48.8 Å². The molecule has 6 heteroatoms. The summed E-state index contributed by atoms with van der Waals surface area (Å²) in [6.07, 6.45) is 2.42. The molecule has 3 aromatic carbocycles. The number of amides is 1. The van der Waals surface area contributed by atoms with Crippen LogP contribution >= 0.6 is 11.8 Å². The summed E-state index contributed by atoms with van der Waals surface area (Å²) in [4.78, 5) is 28.6. The van der Waals surface area contributed by atoms with Crippen LogP contribution in [0.5, 0.6) is 0 Å². The lowest BCUT2D eigenvalue weighted by Gasteiger charge is -2.53. The van der Waals surface area contributed by atoms with Gasteiger partial charge < -0.3 is 15.1 Å². The first kappa shape index (κ1) is 24.3. The van der Waals surface area contributed by atoms with Gasteiger partial charge in [0.2, 0.25) is 5.91 Å². The van der Waals surface area contributed by atoms with Crippen LogP contribution in [-0.2, 0) is 9.59 Å². The highest BCUT2D eigenvalue weighted by molar-refractivity contribution is 8.01. The van der Waals surface area contributed by atoms with E-state index in [4.69, 9.17) is 0 Å². The van der Waals surface area contributed by atoms with Crippen LogP contribution in [0.2, 0.25) is 0 Å². The average Bonchev–Trinajstić information content (AvgIpc) is 3.09. The summed E-state index contributed by atoms with van der Waals surface area (Å²) in [7, 11) is 0. The number of carbonyl (C=O) groups excluding carboxylic acids is 1. The monoisotopic (exact) mass is 499 g/mol. The van der Waals surface area contributed by atoms with Crippen molar-refractivity contribution in [2.45, 2.75) is 41.5 Å². The average molecular weight is 500 g/mol. The molecule has 0 aromatic heterocycles. The Bertz CT molecular complexity index is 1240. The van der Waals surface area contributed by atoms with Crippen LogP contribution in [0, 0.1) is 5.92 Å². The number of aliphatic carboxylic acids is 1. The molecule has 4 atom stereocenters. The molecule has 5 rings (SSSR count). The Morgan fingerprint density at radius 1 is 0.917 bits per heavy atom. The minimum atomic E-state index is -1.54. The maximum Gasteiger partial charge on any atom is 0.332 e. The molecule has 2 saturated heterocycles. The van der Waals surface area contributed by atoms with E-state index in [1.165, 1.54) is 16.7 Å². The van der Waals surface area contributed by atoms with Crippen LogP contribution in [0.3, 0.4) is 0 Å². The van der Waals surface area contributed by atoms with Crippen molar-refractivity contribution in [1.82, 2.24) is 4.90 Å². The van der Waals surface area contributed by atoms with Crippen molar-refractivity contribution in [1.29, 1.82) is 0 Å². The third kappa shape index (κ3) is 3.67. The number of benzene rings is 3. The second-order valence-corrected chi connectivity index (χ2v) is 11.6. The zero-order chi connectivity index (χ0) is 25.5. The first-order chi connectivity index (χ1) is 17.3. The van der Waals surface area contributed by atoms with Crippen molar-refractivity contribution in [2.24, 2.45) is 5.92 Å². The summed E-state index contributed by atoms with van der Waals surface area (Å²) < 4.78 is -0.840. The van der Waals surface area contributed by atoms with Crippen molar-refractivity contribution >= 4 is 29.7 Å². The number of fused-ring (bicyclic) bond motifs is 1. The molecule has 5 nitrogen and oxygen atoms in total. The van der Waals surface area contributed by atoms with Crippen molar-refractivity contribution < 1.29 is 19.8 Å². The molecule has 0 saturated carbocycles. The molecular formula is C30H29NO4S. The molecule has 2 fully saturated rings. The highest BCUT2D eigenvalue weighted by atomic mass is 32.2. The van der Waals surface area contributed by atoms with Crippen molar-refractivity contribution in [3.63, 3.8) is 0 Å². The molecule has 3 aromatic rings. The van der Waals surface area contributed by atoms with Gasteiger partial charge in [-0.3, -0.25) is 4.79 Å². The Hall–Kier alpha value is -3.35. The predicted molar refractivity (Wildman–Crippen MR) is 142 cm³/mol. The Morgan fingerprint density at radius 3 is 1.92 bits per heavy atom. The highest BCUT2D eigenvalue weighted by Gasteiger charge is 2.75. The van der Waals surface area contributed by atoms with Crippen LogP contribution in [0.4, 0.5) is 0 Å². The van der Waals surface area contributed by atoms with Crippen molar-refractivity contribution in [3.05, 3.63) is 114 Å². The molecule has 36 heavy (non-hydrogen) atoms. The molecule has 0 spiro atoms. The van der Waals surface area contributed by atoms with Crippen LogP contribution < -0.4 is 0 Å². The summed E-state index contributed by atoms with van der Waals surface area (Å²) in [6, 6.07) is 28.7. The van der Waals surface area contributed by atoms with E-state index in [2.05, 4.69) is 0 Å². The molecule has 2 aliphatic heterocycles. The van der Waals surface area contributed by atoms with Gasteiger partial charge in [-0.15, -0.1) is 11.8 Å². The lowest BCUT2D eigenvalue weighted by molar-refractivity contribution is -0.179. The molecule has 0 bridgehead atoms. The molecule has 2 N–H and O–H groups in total. The molecule has 0 aliphatic carbocycles. The molecule has 1 amide bonds. The number of carboxylic acid groups (broad SMARTS) is 1. The van der Waals surface area contributed by atoms with E-state index < -0.39 is 39.6 Å². The lowest BCUT2D eigenvalue weighted by atomic mass is 9.65. The SMILES string of the molecule is CC1(C)S[C@@H]2[C@@H](C(O)/C=C/c3ccccc3)C(=O)N2[C@]1(C(=O)O)C(c1ccccc1)c1ccccc1. The number of rotatable bonds is 7. The number of hydrogen-bond donors (Lipinski definition) is 2. The van der Waals surface area contributed by atoms with Gasteiger partial charge in [0.1, 0.15) is 0 Å². The third-order valence-corrected chi connectivity index (χ3v) is 9.11.